The van der Waals surface area contributed by atoms with Gasteiger partial charge in [0, 0.05) is 6.08 Å². The fourth-order valence-electron chi connectivity index (χ4n) is 1.000. The van der Waals surface area contributed by atoms with Crippen molar-refractivity contribution < 1.29 is 19.4 Å². The third kappa shape index (κ3) is 2.64. The van der Waals surface area contributed by atoms with E-state index in [-0.39, 0.29) is 6.10 Å². The van der Waals surface area contributed by atoms with Gasteiger partial charge in [0.25, 0.3) is 0 Å². The molecule has 4 heteroatoms. The number of hydrogen-bond donors (Lipinski definition) is 1. The van der Waals surface area contributed by atoms with Crippen LogP contribution >= 0.6 is 0 Å². The highest BCUT2D eigenvalue weighted by Crippen LogP contribution is 2.22. The molecule has 1 heterocycles. The van der Waals surface area contributed by atoms with Gasteiger partial charge in [0.2, 0.25) is 0 Å². The van der Waals surface area contributed by atoms with Gasteiger partial charge in [0.1, 0.15) is 6.10 Å². The molecule has 4 nitrogen and oxygen atoms in total. The highest BCUT2D eigenvalue weighted by Gasteiger charge is 2.30. The quantitative estimate of drug-likeness (QED) is 0.625. The van der Waals surface area contributed by atoms with Gasteiger partial charge < -0.3 is 14.6 Å². The Hall–Kier alpha value is -0.870. The van der Waals surface area contributed by atoms with Gasteiger partial charge in [-0.25, -0.2) is 4.79 Å². The maximum Gasteiger partial charge on any atom is 0.328 e. The Labute approximate surface area is 70.8 Å². The van der Waals surface area contributed by atoms with Crippen molar-refractivity contribution in [3.63, 3.8) is 0 Å². The van der Waals surface area contributed by atoms with Crippen molar-refractivity contribution in [2.24, 2.45) is 0 Å². The summed E-state index contributed by atoms with van der Waals surface area (Å²) < 4.78 is 10.5. The normalized spacial score (nSPS) is 28.0. The lowest BCUT2D eigenvalue weighted by atomic mass is 10.3. The van der Waals surface area contributed by atoms with E-state index in [9.17, 15) is 4.79 Å². The van der Waals surface area contributed by atoms with Crippen molar-refractivity contribution >= 4 is 5.97 Å². The molecule has 1 atom stereocenters. The lowest BCUT2D eigenvalue weighted by Gasteiger charge is -2.15. The average molecular weight is 172 g/mol. The molecule has 0 amide bonds. The van der Waals surface area contributed by atoms with Gasteiger partial charge in [-0.05, 0) is 19.9 Å². The number of ether oxygens (including phenoxy) is 2. The van der Waals surface area contributed by atoms with Crippen molar-refractivity contribution in [2.75, 3.05) is 6.61 Å². The second-order valence-electron chi connectivity index (χ2n) is 3.06. The summed E-state index contributed by atoms with van der Waals surface area (Å²) in [6.45, 7) is 4.00. The molecule has 0 aromatic carbocycles. The molecule has 0 bridgehead atoms. The van der Waals surface area contributed by atoms with Gasteiger partial charge >= 0.3 is 5.97 Å². The summed E-state index contributed by atoms with van der Waals surface area (Å²) in [5.74, 6) is -1.56. The molecule has 0 spiro atoms. The van der Waals surface area contributed by atoms with E-state index in [1.165, 1.54) is 6.08 Å². The van der Waals surface area contributed by atoms with Gasteiger partial charge in [-0.3, -0.25) is 0 Å². The lowest BCUT2D eigenvalue weighted by molar-refractivity contribution is -0.134. The number of carboxylic acids is 1. The summed E-state index contributed by atoms with van der Waals surface area (Å²) in [5.41, 5.74) is 0. The number of rotatable bonds is 2. The molecule has 0 aromatic rings. The van der Waals surface area contributed by atoms with Crippen LogP contribution in [0.3, 0.4) is 0 Å². The number of carboxylic acid groups (broad SMARTS) is 1. The van der Waals surface area contributed by atoms with Crippen LogP contribution in [0.1, 0.15) is 13.8 Å². The number of hydrogen-bond acceptors (Lipinski definition) is 3. The van der Waals surface area contributed by atoms with Crippen molar-refractivity contribution in [1.29, 1.82) is 0 Å². The van der Waals surface area contributed by atoms with E-state index in [1.807, 2.05) is 0 Å². The Morgan fingerprint density at radius 3 is 2.75 bits per heavy atom. The Bertz CT molecular complexity index is 207. The summed E-state index contributed by atoms with van der Waals surface area (Å²) in [7, 11) is 0. The Kier molecular flexibility index (Phi) is 2.49. The summed E-state index contributed by atoms with van der Waals surface area (Å²) in [4.78, 5) is 10.1. The summed E-state index contributed by atoms with van der Waals surface area (Å²) in [5, 5.41) is 8.32. The second kappa shape index (κ2) is 3.25. The van der Waals surface area contributed by atoms with Gasteiger partial charge in [-0.15, -0.1) is 0 Å². The maximum atomic E-state index is 10.1. The van der Waals surface area contributed by atoms with Crippen LogP contribution in [0.2, 0.25) is 0 Å². The van der Waals surface area contributed by atoms with E-state index in [1.54, 1.807) is 13.8 Å². The predicted molar refractivity (Wildman–Crippen MR) is 41.7 cm³/mol. The fraction of sp³-hybridized carbons (Fsp3) is 0.625. The number of carbonyl (C=O) groups is 1. The Balaban J connectivity index is 2.43. The molecule has 0 saturated carbocycles. The zero-order chi connectivity index (χ0) is 9.19. The van der Waals surface area contributed by atoms with E-state index in [4.69, 9.17) is 14.6 Å². The molecule has 1 fully saturated rings. The van der Waals surface area contributed by atoms with Crippen LogP contribution in [-0.2, 0) is 14.3 Å². The standard InChI is InChI=1S/C8H12O4/c1-8(2)11-5-6(12-8)3-4-7(9)10/h3-4,6H,5H2,1-2H3,(H,9,10)/b4-3-/t6-/m0/s1. The minimum Gasteiger partial charge on any atom is -0.478 e. The fourth-order valence-corrected chi connectivity index (χ4v) is 1.000. The third-order valence-corrected chi connectivity index (χ3v) is 1.48. The summed E-state index contributed by atoms with van der Waals surface area (Å²) >= 11 is 0. The van der Waals surface area contributed by atoms with Crippen LogP contribution < -0.4 is 0 Å². The zero-order valence-electron chi connectivity index (χ0n) is 7.11. The Morgan fingerprint density at radius 2 is 2.33 bits per heavy atom. The van der Waals surface area contributed by atoms with Crippen LogP contribution in [0.15, 0.2) is 12.2 Å². The highest BCUT2D eigenvalue weighted by atomic mass is 16.7. The molecule has 68 valence electrons. The minimum atomic E-state index is -0.969. The van der Waals surface area contributed by atoms with Crippen molar-refractivity contribution in [3.8, 4) is 0 Å². The van der Waals surface area contributed by atoms with Gasteiger partial charge in [-0.1, -0.05) is 0 Å². The predicted octanol–water partition coefficient (Wildman–Crippen LogP) is 0.779. The van der Waals surface area contributed by atoms with Gasteiger partial charge in [-0.2, -0.15) is 0 Å². The summed E-state index contributed by atoms with van der Waals surface area (Å²) in [6.07, 6.45) is 2.31. The van der Waals surface area contributed by atoms with Crippen LogP contribution in [0.25, 0.3) is 0 Å². The molecule has 0 aliphatic carbocycles. The Morgan fingerprint density at radius 1 is 1.67 bits per heavy atom. The van der Waals surface area contributed by atoms with Crippen LogP contribution in [-0.4, -0.2) is 29.6 Å². The molecule has 12 heavy (non-hydrogen) atoms. The molecule has 0 aromatic heterocycles. The average Bonchev–Trinajstić information content (AvgIpc) is 2.26. The minimum absolute atomic E-state index is 0.240. The van der Waals surface area contributed by atoms with E-state index in [0.717, 1.165) is 6.08 Å². The summed E-state index contributed by atoms with van der Waals surface area (Å²) in [6, 6.07) is 0. The van der Waals surface area contributed by atoms with Crippen molar-refractivity contribution in [3.05, 3.63) is 12.2 Å². The molecule has 0 radical (unpaired) electrons. The molecule has 1 N–H and O–H groups in total. The molecular weight excluding hydrogens is 160 g/mol. The number of aliphatic carboxylic acids is 1. The van der Waals surface area contributed by atoms with Gasteiger partial charge in [0.15, 0.2) is 5.79 Å². The first-order valence-corrected chi connectivity index (χ1v) is 3.72. The van der Waals surface area contributed by atoms with E-state index >= 15 is 0 Å². The largest absolute Gasteiger partial charge is 0.478 e. The first-order chi connectivity index (χ1) is 5.49. The van der Waals surface area contributed by atoms with E-state index in [0.29, 0.717) is 6.61 Å². The van der Waals surface area contributed by atoms with Gasteiger partial charge in [0.05, 0.1) is 6.61 Å². The third-order valence-electron chi connectivity index (χ3n) is 1.48. The first kappa shape index (κ1) is 9.22. The molecule has 1 aliphatic heterocycles. The first-order valence-electron chi connectivity index (χ1n) is 3.72. The SMILES string of the molecule is CC1(C)OC[C@H](/C=C\C(=O)O)O1. The van der Waals surface area contributed by atoms with Crippen LogP contribution in [0.5, 0.6) is 0 Å². The van der Waals surface area contributed by atoms with Crippen molar-refractivity contribution in [2.45, 2.75) is 25.7 Å². The molecule has 1 rings (SSSR count). The molecule has 1 saturated heterocycles. The van der Waals surface area contributed by atoms with E-state index < -0.39 is 11.8 Å². The molecule has 0 unspecified atom stereocenters. The monoisotopic (exact) mass is 172 g/mol. The second-order valence-corrected chi connectivity index (χ2v) is 3.06. The topological polar surface area (TPSA) is 55.8 Å². The molecular formula is C8H12O4. The lowest BCUT2D eigenvalue weighted by Crippen LogP contribution is -2.20. The van der Waals surface area contributed by atoms with Crippen molar-refractivity contribution in [1.82, 2.24) is 0 Å². The highest BCUT2D eigenvalue weighted by molar-refractivity contribution is 5.79. The maximum absolute atomic E-state index is 10.1. The van der Waals surface area contributed by atoms with Crippen LogP contribution in [0, 0.1) is 0 Å². The smallest absolute Gasteiger partial charge is 0.328 e. The van der Waals surface area contributed by atoms with E-state index in [2.05, 4.69) is 0 Å². The zero-order valence-corrected chi connectivity index (χ0v) is 7.11. The van der Waals surface area contributed by atoms with Crippen LogP contribution in [0.4, 0.5) is 0 Å². The molecule has 1 aliphatic rings.